The molecule has 0 radical (unpaired) electrons. The van der Waals surface area contributed by atoms with Gasteiger partial charge >= 0.3 is 0 Å². The topological polar surface area (TPSA) is 26.0 Å². The molecule has 1 atom stereocenters. The summed E-state index contributed by atoms with van der Waals surface area (Å²) in [5.74, 6) is 0. The normalized spacial score (nSPS) is 12.5. The third kappa shape index (κ3) is 2.65. The van der Waals surface area contributed by atoms with Crippen molar-refractivity contribution in [3.05, 3.63) is 68.7 Å². The molecule has 2 rings (SSSR count). The van der Waals surface area contributed by atoms with Crippen molar-refractivity contribution in [3.63, 3.8) is 0 Å². The highest BCUT2D eigenvalue weighted by molar-refractivity contribution is 9.10. The highest BCUT2D eigenvalue weighted by Gasteiger charge is 2.11. The summed E-state index contributed by atoms with van der Waals surface area (Å²) in [4.78, 5) is 0. The van der Waals surface area contributed by atoms with Gasteiger partial charge in [-0.2, -0.15) is 0 Å². The number of nitrogens with two attached hydrogens (primary N) is 1. The first-order valence-corrected chi connectivity index (χ1v) is 6.87. The average molecular weight is 304 g/mol. The lowest BCUT2D eigenvalue weighted by Gasteiger charge is -2.15. The van der Waals surface area contributed by atoms with Gasteiger partial charge in [-0.25, -0.2) is 0 Å². The average Bonchev–Trinajstić information content (AvgIpc) is 2.35. The number of hydrogen-bond donors (Lipinski definition) is 1. The molecule has 94 valence electrons. The minimum atomic E-state index is -0.0592. The molecule has 0 saturated carbocycles. The SMILES string of the molecule is Cc1ccc(C(N)c2cc(C)c(Br)c(C)c2)cc1. The van der Waals surface area contributed by atoms with E-state index in [1.165, 1.54) is 21.2 Å². The van der Waals surface area contributed by atoms with Crippen LogP contribution in [0, 0.1) is 20.8 Å². The van der Waals surface area contributed by atoms with E-state index in [0.717, 1.165) is 11.1 Å². The fourth-order valence-electron chi connectivity index (χ4n) is 2.13. The third-order valence-electron chi connectivity index (χ3n) is 3.25. The van der Waals surface area contributed by atoms with Gasteiger partial charge in [-0.1, -0.05) is 57.9 Å². The molecule has 1 nitrogen and oxygen atoms in total. The summed E-state index contributed by atoms with van der Waals surface area (Å²) in [7, 11) is 0. The Kier molecular flexibility index (Phi) is 3.88. The molecule has 1 unspecified atom stereocenters. The second-order valence-corrected chi connectivity index (χ2v) is 5.65. The first-order chi connectivity index (χ1) is 8.49. The second kappa shape index (κ2) is 5.25. The van der Waals surface area contributed by atoms with Gasteiger partial charge in [0, 0.05) is 4.47 Å². The van der Waals surface area contributed by atoms with E-state index >= 15 is 0 Å². The zero-order valence-corrected chi connectivity index (χ0v) is 12.6. The van der Waals surface area contributed by atoms with Gasteiger partial charge in [-0.05, 0) is 43.0 Å². The van der Waals surface area contributed by atoms with Crippen molar-refractivity contribution >= 4 is 15.9 Å². The van der Waals surface area contributed by atoms with Crippen LogP contribution < -0.4 is 5.73 Å². The Bertz CT molecular complexity index is 535. The molecule has 0 bridgehead atoms. The van der Waals surface area contributed by atoms with Crippen molar-refractivity contribution in [3.8, 4) is 0 Å². The smallest absolute Gasteiger partial charge is 0.0551 e. The molecule has 2 aromatic carbocycles. The Hall–Kier alpha value is -1.12. The fraction of sp³-hybridized carbons (Fsp3) is 0.250. The number of hydrogen-bond acceptors (Lipinski definition) is 1. The highest BCUT2D eigenvalue weighted by atomic mass is 79.9. The Balaban J connectivity index is 2.39. The molecule has 0 fully saturated rings. The number of halogens is 1. The van der Waals surface area contributed by atoms with E-state index in [9.17, 15) is 0 Å². The summed E-state index contributed by atoms with van der Waals surface area (Å²) in [6, 6.07) is 12.7. The lowest BCUT2D eigenvalue weighted by Crippen LogP contribution is -2.12. The van der Waals surface area contributed by atoms with Crippen LogP contribution >= 0.6 is 15.9 Å². The molecule has 2 N–H and O–H groups in total. The van der Waals surface area contributed by atoms with Gasteiger partial charge in [0.15, 0.2) is 0 Å². The van der Waals surface area contributed by atoms with Crippen molar-refractivity contribution in [2.45, 2.75) is 26.8 Å². The Morgan fingerprint density at radius 2 is 1.39 bits per heavy atom. The molecule has 0 spiro atoms. The van der Waals surface area contributed by atoms with Gasteiger partial charge in [-0.15, -0.1) is 0 Å². The largest absolute Gasteiger partial charge is 0.320 e. The number of rotatable bonds is 2. The van der Waals surface area contributed by atoms with Crippen LogP contribution in [0.2, 0.25) is 0 Å². The standard InChI is InChI=1S/C16H18BrN/c1-10-4-6-13(7-5-10)16(18)14-8-11(2)15(17)12(3)9-14/h4-9,16H,18H2,1-3H3. The number of aryl methyl sites for hydroxylation is 3. The summed E-state index contributed by atoms with van der Waals surface area (Å²) in [5, 5.41) is 0. The van der Waals surface area contributed by atoms with Crippen LogP contribution in [-0.2, 0) is 0 Å². The second-order valence-electron chi connectivity index (χ2n) is 4.86. The molecular weight excluding hydrogens is 286 g/mol. The van der Waals surface area contributed by atoms with Crippen molar-refractivity contribution in [2.75, 3.05) is 0 Å². The highest BCUT2D eigenvalue weighted by Crippen LogP contribution is 2.27. The third-order valence-corrected chi connectivity index (χ3v) is 4.51. The van der Waals surface area contributed by atoms with Gasteiger partial charge < -0.3 is 5.73 Å². The molecule has 2 heteroatoms. The Labute approximate surface area is 117 Å². The monoisotopic (exact) mass is 303 g/mol. The summed E-state index contributed by atoms with van der Waals surface area (Å²) < 4.78 is 1.17. The molecule has 0 aliphatic rings. The van der Waals surface area contributed by atoms with Crippen LogP contribution in [0.25, 0.3) is 0 Å². The lowest BCUT2D eigenvalue weighted by atomic mass is 9.96. The van der Waals surface area contributed by atoms with Gasteiger partial charge in [0.05, 0.1) is 6.04 Å². The summed E-state index contributed by atoms with van der Waals surface area (Å²) in [6.45, 7) is 6.29. The van der Waals surface area contributed by atoms with Crippen LogP contribution in [0.4, 0.5) is 0 Å². The molecular formula is C16H18BrN. The van der Waals surface area contributed by atoms with Crippen molar-refractivity contribution < 1.29 is 0 Å². The molecule has 0 aliphatic heterocycles. The summed E-state index contributed by atoms with van der Waals surface area (Å²) in [5.41, 5.74) is 12.4. The lowest BCUT2D eigenvalue weighted by molar-refractivity contribution is 0.866. The van der Waals surface area contributed by atoms with Gasteiger partial charge in [0.25, 0.3) is 0 Å². The molecule has 0 amide bonds. The van der Waals surface area contributed by atoms with Crippen LogP contribution in [-0.4, -0.2) is 0 Å². The van der Waals surface area contributed by atoms with E-state index in [-0.39, 0.29) is 6.04 Å². The first kappa shape index (κ1) is 13.3. The van der Waals surface area contributed by atoms with Crippen molar-refractivity contribution in [2.24, 2.45) is 5.73 Å². The van der Waals surface area contributed by atoms with Gasteiger partial charge in [-0.3, -0.25) is 0 Å². The van der Waals surface area contributed by atoms with Crippen LogP contribution in [0.1, 0.15) is 33.9 Å². The van der Waals surface area contributed by atoms with E-state index in [4.69, 9.17) is 5.73 Å². The van der Waals surface area contributed by atoms with Crippen molar-refractivity contribution in [1.29, 1.82) is 0 Å². The maximum atomic E-state index is 6.34. The molecule has 0 heterocycles. The maximum Gasteiger partial charge on any atom is 0.0551 e. The predicted molar refractivity (Wildman–Crippen MR) is 80.8 cm³/mol. The van der Waals surface area contributed by atoms with Crippen LogP contribution in [0.3, 0.4) is 0 Å². The zero-order chi connectivity index (χ0) is 13.3. The minimum absolute atomic E-state index is 0.0592. The van der Waals surface area contributed by atoms with E-state index in [1.54, 1.807) is 0 Å². The van der Waals surface area contributed by atoms with Crippen LogP contribution in [0.15, 0.2) is 40.9 Å². The van der Waals surface area contributed by atoms with E-state index in [2.05, 4.69) is 73.1 Å². The Morgan fingerprint density at radius 3 is 1.89 bits per heavy atom. The molecule has 18 heavy (non-hydrogen) atoms. The summed E-state index contributed by atoms with van der Waals surface area (Å²) >= 11 is 3.59. The first-order valence-electron chi connectivity index (χ1n) is 6.08. The minimum Gasteiger partial charge on any atom is -0.320 e. The van der Waals surface area contributed by atoms with Gasteiger partial charge in [0.2, 0.25) is 0 Å². The van der Waals surface area contributed by atoms with E-state index in [1.807, 2.05) is 0 Å². The Morgan fingerprint density at radius 1 is 0.889 bits per heavy atom. The van der Waals surface area contributed by atoms with Crippen molar-refractivity contribution in [1.82, 2.24) is 0 Å². The summed E-state index contributed by atoms with van der Waals surface area (Å²) in [6.07, 6.45) is 0. The van der Waals surface area contributed by atoms with E-state index < -0.39 is 0 Å². The zero-order valence-electron chi connectivity index (χ0n) is 11.0. The predicted octanol–water partition coefficient (Wildman–Crippen LogP) is 4.42. The molecule has 0 aliphatic carbocycles. The maximum absolute atomic E-state index is 6.34. The number of benzene rings is 2. The van der Waals surface area contributed by atoms with Gasteiger partial charge in [0.1, 0.15) is 0 Å². The molecule has 0 aromatic heterocycles. The fourth-order valence-corrected chi connectivity index (χ4v) is 2.35. The van der Waals surface area contributed by atoms with Crippen LogP contribution in [0.5, 0.6) is 0 Å². The van der Waals surface area contributed by atoms with E-state index in [0.29, 0.717) is 0 Å². The molecule has 0 saturated heterocycles. The molecule has 2 aromatic rings. The quantitative estimate of drug-likeness (QED) is 0.873.